The van der Waals surface area contributed by atoms with E-state index in [4.69, 9.17) is 27.2 Å². The Morgan fingerprint density at radius 2 is 2.17 bits per heavy atom. The van der Waals surface area contributed by atoms with Crippen LogP contribution in [0.1, 0.15) is 6.92 Å². The van der Waals surface area contributed by atoms with E-state index >= 15 is 0 Å². The topological polar surface area (TPSA) is 140 Å². The van der Waals surface area contributed by atoms with Gasteiger partial charge in [0, 0.05) is 17.5 Å². The maximum absolute atomic E-state index is 11.9. The summed E-state index contributed by atoms with van der Waals surface area (Å²) in [5, 5.41) is 12.0. The Kier molecular flexibility index (Phi) is 8.49. The van der Waals surface area contributed by atoms with Crippen LogP contribution in [0.15, 0.2) is 35.5 Å². The second-order valence-corrected chi connectivity index (χ2v) is 7.42. The number of hydrogen-bond acceptors (Lipinski definition) is 9. The lowest BCUT2D eigenvalue weighted by molar-refractivity contribution is -0.112. The fourth-order valence-corrected chi connectivity index (χ4v) is 3.53. The zero-order chi connectivity index (χ0) is 18.1. The molecule has 1 aromatic carbocycles. The van der Waals surface area contributed by atoms with Crippen LogP contribution in [0.4, 0.5) is 5.69 Å². The fraction of sp³-hybridized carbons (Fsp3) is 0.333. The number of allylic oxidation sites excluding steroid dienone is 2. The lowest BCUT2D eigenvalue weighted by Gasteiger charge is -2.19. The van der Waals surface area contributed by atoms with Gasteiger partial charge in [0.1, 0.15) is 27.6 Å². The van der Waals surface area contributed by atoms with E-state index < -0.39 is 10.2 Å². The van der Waals surface area contributed by atoms with E-state index in [2.05, 4.69) is 5.32 Å². The van der Waals surface area contributed by atoms with Crippen LogP contribution in [0.5, 0.6) is 5.75 Å². The molecule has 0 heterocycles. The molecule has 2 unspecified atom stereocenters. The zero-order valence-electron chi connectivity index (χ0n) is 13.5. The number of ether oxygens (including phenoxy) is 1. The number of ketones is 1. The van der Waals surface area contributed by atoms with Crippen LogP contribution in [0.25, 0.3) is 0 Å². The smallest absolute Gasteiger partial charge is 0.185 e. The van der Waals surface area contributed by atoms with Gasteiger partial charge < -0.3 is 27.3 Å². The van der Waals surface area contributed by atoms with Crippen LogP contribution >= 0.6 is 23.5 Å². The zero-order valence-corrected chi connectivity index (χ0v) is 15.1. The first-order valence-electron chi connectivity index (χ1n) is 6.95. The molecule has 0 fully saturated rings. The van der Waals surface area contributed by atoms with Gasteiger partial charge in [-0.25, -0.2) is 0 Å². The number of carbonyl (C=O) groups excluding carboxylic acids is 1. The normalized spacial score (nSPS) is 14.1. The Labute approximate surface area is 150 Å². The molecule has 0 aliphatic heterocycles. The molecule has 2 atom stereocenters. The van der Waals surface area contributed by atoms with Gasteiger partial charge >= 0.3 is 0 Å². The standard InChI is InChI=1S/C15H21N5O2S2/c1-9(17)12(7-16)13(21)8-23-15(19)24-14(18)20-10-4-3-5-11(6-10)22-2/h3-6,14-15,20H,8,17-19H2,1-2H3/b12-9+. The van der Waals surface area contributed by atoms with Gasteiger partial charge in [-0.15, -0.1) is 11.8 Å². The van der Waals surface area contributed by atoms with Crippen molar-refractivity contribution in [2.24, 2.45) is 17.2 Å². The number of nitriles is 1. The Bertz CT molecular complexity index is 641. The summed E-state index contributed by atoms with van der Waals surface area (Å²) in [6, 6.07) is 9.16. The highest BCUT2D eigenvalue weighted by atomic mass is 32.2. The predicted molar refractivity (Wildman–Crippen MR) is 100 cm³/mol. The molecule has 0 saturated carbocycles. The summed E-state index contributed by atoms with van der Waals surface area (Å²) in [6.45, 7) is 1.52. The van der Waals surface area contributed by atoms with Crippen molar-refractivity contribution in [2.45, 2.75) is 17.1 Å². The van der Waals surface area contributed by atoms with Gasteiger partial charge in [-0.3, -0.25) is 4.79 Å². The molecule has 0 aromatic heterocycles. The Morgan fingerprint density at radius 3 is 2.75 bits per heavy atom. The third kappa shape index (κ3) is 6.72. The van der Waals surface area contributed by atoms with Crippen molar-refractivity contribution in [1.29, 1.82) is 5.26 Å². The van der Waals surface area contributed by atoms with Crippen LogP contribution < -0.4 is 27.3 Å². The average Bonchev–Trinajstić information content (AvgIpc) is 2.53. The van der Waals surface area contributed by atoms with E-state index in [1.165, 1.54) is 30.4 Å². The van der Waals surface area contributed by atoms with Gasteiger partial charge in [0.2, 0.25) is 0 Å². The molecule has 0 aliphatic carbocycles. The molecule has 24 heavy (non-hydrogen) atoms. The molecule has 7 N–H and O–H groups in total. The molecule has 0 bridgehead atoms. The first-order chi connectivity index (χ1) is 11.4. The van der Waals surface area contributed by atoms with Gasteiger partial charge in [0.25, 0.3) is 0 Å². The number of hydrogen-bond donors (Lipinski definition) is 4. The van der Waals surface area contributed by atoms with Crippen LogP contribution in [0.2, 0.25) is 0 Å². The third-order valence-corrected chi connectivity index (χ3v) is 5.00. The van der Waals surface area contributed by atoms with E-state index in [-0.39, 0.29) is 22.8 Å². The molecule has 1 aromatic rings. The number of carbonyl (C=O) groups is 1. The highest BCUT2D eigenvalue weighted by Crippen LogP contribution is 2.24. The summed E-state index contributed by atoms with van der Waals surface area (Å²) in [7, 11) is 1.59. The van der Waals surface area contributed by atoms with Crippen molar-refractivity contribution < 1.29 is 9.53 Å². The fourth-order valence-electron chi connectivity index (χ4n) is 1.70. The lowest BCUT2D eigenvalue weighted by atomic mass is 10.2. The monoisotopic (exact) mass is 367 g/mol. The quantitative estimate of drug-likeness (QED) is 0.289. The minimum atomic E-state index is -0.461. The number of rotatable bonds is 9. The highest BCUT2D eigenvalue weighted by molar-refractivity contribution is 8.17. The number of nitrogens with zero attached hydrogens (tertiary/aromatic N) is 1. The Balaban J connectivity index is 2.47. The molecular formula is C15H21N5O2S2. The van der Waals surface area contributed by atoms with Crippen molar-refractivity contribution in [3.8, 4) is 11.8 Å². The first kappa shape index (κ1) is 20.2. The predicted octanol–water partition coefficient (Wildman–Crippen LogP) is 1.38. The van der Waals surface area contributed by atoms with E-state index in [0.29, 0.717) is 0 Å². The number of nitrogens with one attached hydrogen (secondary N) is 1. The van der Waals surface area contributed by atoms with Crippen molar-refractivity contribution in [1.82, 2.24) is 0 Å². The van der Waals surface area contributed by atoms with Crippen LogP contribution in [-0.2, 0) is 4.79 Å². The van der Waals surface area contributed by atoms with Gasteiger partial charge in [-0.05, 0) is 19.1 Å². The molecule has 0 saturated heterocycles. The summed E-state index contributed by atoms with van der Waals surface area (Å²) in [5.41, 5.74) is 18.0. The first-order valence-corrected chi connectivity index (χ1v) is 8.95. The summed E-state index contributed by atoms with van der Waals surface area (Å²) in [4.78, 5) is 11.9. The third-order valence-electron chi connectivity index (χ3n) is 2.82. The molecule has 0 radical (unpaired) electrons. The van der Waals surface area contributed by atoms with Crippen molar-refractivity contribution >= 4 is 35.0 Å². The molecule has 0 aliphatic rings. The highest BCUT2D eigenvalue weighted by Gasteiger charge is 2.16. The van der Waals surface area contributed by atoms with Crippen LogP contribution in [0, 0.1) is 11.3 Å². The second-order valence-electron chi connectivity index (χ2n) is 4.71. The summed E-state index contributed by atoms with van der Waals surface area (Å²) < 4.78 is 4.71. The number of thioether (sulfide) groups is 2. The number of methoxy groups -OCH3 is 1. The molecule has 1 rings (SSSR count). The summed E-state index contributed by atoms with van der Waals surface area (Å²) in [6.07, 6.45) is 0. The number of nitrogens with two attached hydrogens (primary N) is 3. The van der Waals surface area contributed by atoms with Gasteiger partial charge in [0.15, 0.2) is 5.78 Å². The SMILES string of the molecule is COc1cccc(NC(N)SC(N)SCC(=O)/C(C#N)=C(\C)N)c1. The van der Waals surface area contributed by atoms with Crippen LogP contribution in [0.3, 0.4) is 0 Å². The molecule has 0 amide bonds. The maximum Gasteiger partial charge on any atom is 0.185 e. The van der Waals surface area contributed by atoms with Gasteiger partial charge in [0.05, 0.1) is 12.9 Å². The minimum Gasteiger partial charge on any atom is -0.497 e. The van der Waals surface area contributed by atoms with Crippen molar-refractivity contribution in [3.63, 3.8) is 0 Å². The lowest BCUT2D eigenvalue weighted by Crippen LogP contribution is -2.30. The number of Topliss-reactive ketones (excluding diaryl/α,β-unsaturated/α-hetero) is 1. The van der Waals surface area contributed by atoms with Crippen molar-refractivity contribution in [3.05, 3.63) is 35.5 Å². The number of benzene rings is 1. The molecule has 0 spiro atoms. The summed E-state index contributed by atoms with van der Waals surface area (Å²) in [5.74, 6) is 0.444. The molecule has 130 valence electrons. The maximum atomic E-state index is 11.9. The average molecular weight is 368 g/mol. The van der Waals surface area contributed by atoms with Gasteiger partial charge in [-0.2, -0.15) is 5.26 Å². The van der Waals surface area contributed by atoms with E-state index in [0.717, 1.165) is 11.4 Å². The Hall–Kier alpha value is -1.86. The Morgan fingerprint density at radius 1 is 1.46 bits per heavy atom. The molecule has 7 nitrogen and oxygen atoms in total. The second kappa shape index (κ2) is 10.1. The van der Waals surface area contributed by atoms with E-state index in [1.807, 2.05) is 24.3 Å². The number of anilines is 1. The minimum absolute atomic E-state index is 0.0292. The van der Waals surface area contributed by atoms with Gasteiger partial charge in [-0.1, -0.05) is 17.8 Å². The van der Waals surface area contributed by atoms with Crippen molar-refractivity contribution in [2.75, 3.05) is 18.2 Å². The van der Waals surface area contributed by atoms with E-state index in [1.54, 1.807) is 13.2 Å². The largest absolute Gasteiger partial charge is 0.497 e. The molecular weight excluding hydrogens is 346 g/mol. The van der Waals surface area contributed by atoms with Crippen LogP contribution in [-0.4, -0.2) is 28.8 Å². The summed E-state index contributed by atoms with van der Waals surface area (Å²) >= 11 is 2.46. The molecule has 9 heteroatoms. The van der Waals surface area contributed by atoms with E-state index in [9.17, 15) is 4.79 Å².